The number of benzene rings is 1. The van der Waals surface area contributed by atoms with Crippen molar-refractivity contribution in [2.75, 3.05) is 37.6 Å². The van der Waals surface area contributed by atoms with Crippen molar-refractivity contribution in [2.45, 2.75) is 26.4 Å². The highest BCUT2D eigenvalue weighted by molar-refractivity contribution is 5.94. The number of Topliss-reactive ketones (excluding diaryl/α,β-unsaturated/α-hetero) is 1. The van der Waals surface area contributed by atoms with Gasteiger partial charge in [-0.25, -0.2) is 0 Å². The van der Waals surface area contributed by atoms with Crippen LogP contribution in [0.15, 0.2) is 24.3 Å². The van der Waals surface area contributed by atoms with Crippen LogP contribution in [0.5, 0.6) is 0 Å². The summed E-state index contributed by atoms with van der Waals surface area (Å²) in [5.74, 6) is 0.103. The molecule has 1 N–H and O–H groups in total. The first-order valence-electron chi connectivity index (χ1n) is 7.16. The maximum absolute atomic E-state index is 11.3. The Kier molecular flexibility index (Phi) is 4.45. The average molecular weight is 276 g/mol. The summed E-state index contributed by atoms with van der Waals surface area (Å²) in [6.45, 7) is 9.82. The first-order chi connectivity index (χ1) is 9.35. The predicted octanol–water partition coefficient (Wildman–Crippen LogP) is 1.78. The molecule has 0 unspecified atom stereocenters. The van der Waals surface area contributed by atoms with Gasteiger partial charge in [0.25, 0.3) is 0 Å². The van der Waals surface area contributed by atoms with Gasteiger partial charge in [0.1, 0.15) is 0 Å². The standard InChI is InChI=1S/C16H24N2O2/c1-13(19)14-4-6-15(7-5-14)18-10-8-17(9-11-18)12-16(2,3)20/h4-7,20H,8-12H2,1-3H3. The Balaban J connectivity index is 1.92. The van der Waals surface area contributed by atoms with Gasteiger partial charge in [-0.1, -0.05) is 0 Å². The molecule has 2 rings (SSSR count). The first kappa shape index (κ1) is 15.0. The zero-order chi connectivity index (χ0) is 14.8. The number of piperazine rings is 1. The minimum atomic E-state index is -0.634. The van der Waals surface area contributed by atoms with E-state index in [0.717, 1.165) is 37.4 Å². The normalized spacial score (nSPS) is 17.3. The number of aliphatic hydroxyl groups is 1. The molecular weight excluding hydrogens is 252 g/mol. The lowest BCUT2D eigenvalue weighted by Gasteiger charge is -2.38. The van der Waals surface area contributed by atoms with Gasteiger partial charge in [-0.15, -0.1) is 0 Å². The fourth-order valence-electron chi connectivity index (χ4n) is 2.62. The summed E-state index contributed by atoms with van der Waals surface area (Å²) < 4.78 is 0. The second kappa shape index (κ2) is 5.94. The third kappa shape index (κ3) is 4.05. The molecule has 0 spiro atoms. The number of rotatable bonds is 4. The molecule has 1 saturated heterocycles. The highest BCUT2D eigenvalue weighted by Crippen LogP contribution is 2.18. The lowest BCUT2D eigenvalue weighted by Crippen LogP contribution is -2.50. The zero-order valence-corrected chi connectivity index (χ0v) is 12.6. The van der Waals surface area contributed by atoms with Crippen molar-refractivity contribution in [1.29, 1.82) is 0 Å². The fraction of sp³-hybridized carbons (Fsp3) is 0.562. The number of anilines is 1. The van der Waals surface area contributed by atoms with Crippen molar-refractivity contribution < 1.29 is 9.90 Å². The smallest absolute Gasteiger partial charge is 0.159 e. The topological polar surface area (TPSA) is 43.8 Å². The Morgan fingerprint density at radius 1 is 1.15 bits per heavy atom. The molecule has 0 aliphatic carbocycles. The van der Waals surface area contributed by atoms with Crippen LogP contribution in [0.2, 0.25) is 0 Å². The third-order valence-corrected chi connectivity index (χ3v) is 3.62. The summed E-state index contributed by atoms with van der Waals surface area (Å²) in [6, 6.07) is 7.81. The van der Waals surface area contributed by atoms with Crippen molar-refractivity contribution in [2.24, 2.45) is 0 Å². The molecule has 0 radical (unpaired) electrons. The molecule has 1 heterocycles. The van der Waals surface area contributed by atoms with Crippen molar-refractivity contribution in [1.82, 2.24) is 4.90 Å². The van der Waals surface area contributed by atoms with Crippen LogP contribution >= 0.6 is 0 Å². The SMILES string of the molecule is CC(=O)c1ccc(N2CCN(CC(C)(C)O)CC2)cc1. The maximum Gasteiger partial charge on any atom is 0.159 e. The molecule has 1 aliphatic heterocycles. The van der Waals surface area contributed by atoms with Crippen LogP contribution < -0.4 is 4.90 Å². The number of hydrogen-bond acceptors (Lipinski definition) is 4. The van der Waals surface area contributed by atoms with E-state index in [1.807, 2.05) is 38.1 Å². The van der Waals surface area contributed by atoms with Gasteiger partial charge in [-0.05, 0) is 45.0 Å². The molecule has 0 saturated carbocycles. The molecule has 0 bridgehead atoms. The lowest BCUT2D eigenvalue weighted by atomic mass is 10.1. The van der Waals surface area contributed by atoms with Crippen molar-refractivity contribution in [3.63, 3.8) is 0 Å². The van der Waals surface area contributed by atoms with E-state index >= 15 is 0 Å². The fourth-order valence-corrected chi connectivity index (χ4v) is 2.62. The largest absolute Gasteiger partial charge is 0.389 e. The maximum atomic E-state index is 11.3. The Bertz CT molecular complexity index is 454. The van der Waals surface area contributed by atoms with Crippen LogP contribution in [0, 0.1) is 0 Å². The Morgan fingerprint density at radius 3 is 2.15 bits per heavy atom. The van der Waals surface area contributed by atoms with Crippen molar-refractivity contribution >= 4 is 11.5 Å². The Morgan fingerprint density at radius 2 is 1.70 bits per heavy atom. The van der Waals surface area contributed by atoms with Gasteiger partial charge in [0.15, 0.2) is 5.78 Å². The van der Waals surface area contributed by atoms with Crippen LogP contribution in [0.4, 0.5) is 5.69 Å². The molecule has 110 valence electrons. The van der Waals surface area contributed by atoms with Gasteiger partial charge in [0, 0.05) is 44.0 Å². The minimum absolute atomic E-state index is 0.103. The number of hydrogen-bond donors (Lipinski definition) is 1. The van der Waals surface area contributed by atoms with Gasteiger partial charge >= 0.3 is 0 Å². The van der Waals surface area contributed by atoms with Crippen LogP contribution in [0.25, 0.3) is 0 Å². The van der Waals surface area contributed by atoms with E-state index < -0.39 is 5.60 Å². The summed E-state index contributed by atoms with van der Waals surface area (Å²) in [5.41, 5.74) is 1.29. The van der Waals surface area contributed by atoms with Crippen LogP contribution in [0.1, 0.15) is 31.1 Å². The van der Waals surface area contributed by atoms with Gasteiger partial charge in [-0.3, -0.25) is 9.69 Å². The van der Waals surface area contributed by atoms with E-state index in [-0.39, 0.29) is 5.78 Å². The lowest BCUT2D eigenvalue weighted by molar-refractivity contribution is 0.0345. The van der Waals surface area contributed by atoms with E-state index in [2.05, 4.69) is 9.80 Å². The molecule has 1 aliphatic rings. The number of carbonyl (C=O) groups excluding carboxylic acids is 1. The monoisotopic (exact) mass is 276 g/mol. The number of carbonyl (C=O) groups is 1. The van der Waals surface area contributed by atoms with E-state index in [4.69, 9.17) is 0 Å². The quantitative estimate of drug-likeness (QED) is 0.851. The molecule has 0 aromatic heterocycles. The first-order valence-corrected chi connectivity index (χ1v) is 7.16. The summed E-state index contributed by atoms with van der Waals surface area (Å²) in [5, 5.41) is 9.85. The molecule has 0 amide bonds. The molecule has 4 heteroatoms. The number of β-amino-alcohol motifs (C(OH)–C–C–N with tert-alkyl or cyclic N) is 1. The number of ketones is 1. The van der Waals surface area contributed by atoms with E-state index in [9.17, 15) is 9.90 Å². The molecule has 20 heavy (non-hydrogen) atoms. The van der Waals surface area contributed by atoms with Crippen LogP contribution in [-0.4, -0.2) is 54.1 Å². The average Bonchev–Trinajstić information content (AvgIpc) is 2.38. The van der Waals surface area contributed by atoms with Crippen molar-refractivity contribution in [3.8, 4) is 0 Å². The second-order valence-corrected chi connectivity index (χ2v) is 6.18. The van der Waals surface area contributed by atoms with E-state index in [0.29, 0.717) is 6.54 Å². The van der Waals surface area contributed by atoms with Gasteiger partial charge in [-0.2, -0.15) is 0 Å². The molecule has 1 aromatic rings. The van der Waals surface area contributed by atoms with E-state index in [1.54, 1.807) is 6.92 Å². The summed E-state index contributed by atoms with van der Waals surface area (Å²) >= 11 is 0. The second-order valence-electron chi connectivity index (χ2n) is 6.18. The summed E-state index contributed by atoms with van der Waals surface area (Å²) in [4.78, 5) is 15.9. The third-order valence-electron chi connectivity index (χ3n) is 3.62. The van der Waals surface area contributed by atoms with Crippen LogP contribution in [0.3, 0.4) is 0 Å². The highest BCUT2D eigenvalue weighted by Gasteiger charge is 2.22. The minimum Gasteiger partial charge on any atom is -0.389 e. The van der Waals surface area contributed by atoms with Gasteiger partial charge in [0.2, 0.25) is 0 Å². The molecular formula is C16H24N2O2. The summed E-state index contributed by atoms with van der Waals surface area (Å²) in [6.07, 6.45) is 0. The molecule has 0 atom stereocenters. The molecule has 1 fully saturated rings. The number of nitrogens with zero attached hydrogens (tertiary/aromatic N) is 2. The summed E-state index contributed by atoms with van der Waals surface area (Å²) in [7, 11) is 0. The van der Waals surface area contributed by atoms with Crippen molar-refractivity contribution in [3.05, 3.63) is 29.8 Å². The Hall–Kier alpha value is -1.39. The zero-order valence-electron chi connectivity index (χ0n) is 12.6. The molecule has 4 nitrogen and oxygen atoms in total. The highest BCUT2D eigenvalue weighted by atomic mass is 16.3. The molecule has 1 aromatic carbocycles. The Labute approximate surface area is 121 Å². The van der Waals surface area contributed by atoms with Gasteiger partial charge < -0.3 is 10.0 Å². The van der Waals surface area contributed by atoms with Crippen LogP contribution in [-0.2, 0) is 0 Å². The predicted molar refractivity (Wildman–Crippen MR) is 81.4 cm³/mol. The van der Waals surface area contributed by atoms with Gasteiger partial charge in [0.05, 0.1) is 5.60 Å². The van der Waals surface area contributed by atoms with E-state index in [1.165, 1.54) is 0 Å².